The molecule has 0 radical (unpaired) electrons. The smallest absolute Gasteiger partial charge is 0.168 e. The van der Waals surface area contributed by atoms with Crippen molar-refractivity contribution in [1.82, 2.24) is 5.32 Å². The van der Waals surface area contributed by atoms with Crippen molar-refractivity contribution in [2.75, 3.05) is 13.1 Å². The molecule has 2 aromatic rings. The molecule has 1 aliphatic rings. The zero-order valence-electron chi connectivity index (χ0n) is 15.8. The molecule has 0 saturated heterocycles. The molecule has 0 fully saturated rings. The van der Waals surface area contributed by atoms with Crippen LogP contribution in [-0.2, 0) is 13.0 Å². The van der Waals surface area contributed by atoms with Gasteiger partial charge in [0.15, 0.2) is 5.78 Å². The lowest BCUT2D eigenvalue weighted by molar-refractivity contribution is 0.100. The van der Waals surface area contributed by atoms with Crippen LogP contribution in [0.4, 0.5) is 0 Å². The van der Waals surface area contributed by atoms with Crippen LogP contribution in [0.1, 0.15) is 51.9 Å². The largest absolute Gasteiger partial charge is 0.313 e. The number of nitrogens with zero attached hydrogens (tertiary/aromatic N) is 1. The lowest BCUT2D eigenvalue weighted by Gasteiger charge is -2.07. The van der Waals surface area contributed by atoms with Gasteiger partial charge in [0, 0.05) is 30.8 Å². The summed E-state index contributed by atoms with van der Waals surface area (Å²) >= 11 is 0. The van der Waals surface area contributed by atoms with Crippen LogP contribution in [0.5, 0.6) is 0 Å². The van der Waals surface area contributed by atoms with Gasteiger partial charge in [-0.25, -0.2) is 0 Å². The normalized spacial score (nSPS) is 15.8. The zero-order chi connectivity index (χ0) is 18.4. The van der Waals surface area contributed by atoms with E-state index in [1.54, 1.807) is 0 Å². The summed E-state index contributed by atoms with van der Waals surface area (Å²) in [5.41, 5.74) is 7.06. The molecule has 0 heterocycles. The number of rotatable bonds is 6. The Kier molecular flexibility index (Phi) is 6.35. The number of benzene rings is 2. The maximum Gasteiger partial charge on any atom is 0.168 e. The maximum atomic E-state index is 12.4. The molecule has 26 heavy (non-hydrogen) atoms. The van der Waals surface area contributed by atoms with Crippen molar-refractivity contribution >= 4 is 11.5 Å². The van der Waals surface area contributed by atoms with Gasteiger partial charge in [-0.3, -0.25) is 9.79 Å². The molecule has 3 heteroatoms. The number of aryl methyl sites for hydroxylation is 3. The maximum absolute atomic E-state index is 12.4. The Labute approximate surface area is 156 Å². The number of fused-ring (bicyclic) bond motifs is 1. The van der Waals surface area contributed by atoms with E-state index < -0.39 is 0 Å². The monoisotopic (exact) mass is 348 g/mol. The molecule has 2 aromatic carbocycles. The van der Waals surface area contributed by atoms with Gasteiger partial charge in [-0.15, -0.1) is 0 Å². The number of Topliss-reactive ketones (excluding diaryl/α,β-unsaturated/α-hetero) is 1. The van der Waals surface area contributed by atoms with Crippen LogP contribution >= 0.6 is 0 Å². The van der Waals surface area contributed by atoms with Gasteiger partial charge in [0.1, 0.15) is 0 Å². The van der Waals surface area contributed by atoms with Crippen molar-refractivity contribution in [2.24, 2.45) is 4.99 Å². The number of hydrogen-bond acceptors (Lipinski definition) is 3. The van der Waals surface area contributed by atoms with Gasteiger partial charge in [0.2, 0.25) is 0 Å². The molecule has 1 aliphatic carbocycles. The Morgan fingerprint density at radius 3 is 2.62 bits per heavy atom. The molecular formula is C23H28N2O. The summed E-state index contributed by atoms with van der Waals surface area (Å²) in [4.78, 5) is 17.1. The number of aliphatic imine (C=N–C) groups is 1. The number of hydrogen-bond donors (Lipinski definition) is 1. The van der Waals surface area contributed by atoms with Crippen LogP contribution in [0.3, 0.4) is 0 Å². The van der Waals surface area contributed by atoms with Crippen molar-refractivity contribution < 1.29 is 4.79 Å². The first-order valence-corrected chi connectivity index (χ1v) is 9.53. The van der Waals surface area contributed by atoms with Gasteiger partial charge >= 0.3 is 0 Å². The fourth-order valence-corrected chi connectivity index (χ4v) is 3.64. The average molecular weight is 348 g/mol. The summed E-state index contributed by atoms with van der Waals surface area (Å²) in [5.74, 6) is 0.213. The second-order valence-corrected chi connectivity index (χ2v) is 7.23. The topological polar surface area (TPSA) is 41.5 Å². The van der Waals surface area contributed by atoms with Gasteiger partial charge in [-0.1, -0.05) is 53.6 Å². The molecule has 0 spiro atoms. The second kappa shape index (κ2) is 8.91. The fraction of sp³-hybridized carbons (Fsp3) is 0.391. The van der Waals surface area contributed by atoms with Gasteiger partial charge in [-0.05, 0) is 50.8 Å². The third-order valence-electron chi connectivity index (χ3n) is 4.82. The van der Waals surface area contributed by atoms with E-state index in [9.17, 15) is 4.79 Å². The summed E-state index contributed by atoms with van der Waals surface area (Å²) in [6.07, 6.45) is 3.30. The number of carbonyl (C=O) groups is 1. The van der Waals surface area contributed by atoms with Crippen molar-refractivity contribution in [3.63, 3.8) is 0 Å². The van der Waals surface area contributed by atoms with Crippen molar-refractivity contribution in [3.8, 4) is 0 Å². The van der Waals surface area contributed by atoms with Crippen molar-refractivity contribution in [1.29, 1.82) is 0 Å². The van der Waals surface area contributed by atoms with E-state index in [1.165, 1.54) is 16.7 Å². The van der Waals surface area contributed by atoms with Gasteiger partial charge in [0.25, 0.3) is 0 Å². The minimum absolute atomic E-state index is 0.213. The molecule has 0 bridgehead atoms. The molecule has 1 N–H and O–H groups in total. The van der Waals surface area contributed by atoms with Gasteiger partial charge in [0.05, 0.1) is 0 Å². The van der Waals surface area contributed by atoms with Crippen molar-refractivity contribution in [2.45, 2.75) is 46.1 Å². The van der Waals surface area contributed by atoms with Crippen molar-refractivity contribution in [3.05, 3.63) is 70.3 Å². The summed E-state index contributed by atoms with van der Waals surface area (Å²) < 4.78 is 0. The highest BCUT2D eigenvalue weighted by molar-refractivity contribution is 6.11. The van der Waals surface area contributed by atoms with E-state index in [0.717, 1.165) is 55.7 Å². The third-order valence-corrected chi connectivity index (χ3v) is 4.82. The number of carbonyl (C=O) groups excluding carboxylic acids is 1. The Morgan fingerprint density at radius 2 is 1.81 bits per heavy atom. The quantitative estimate of drug-likeness (QED) is 0.619. The fourth-order valence-electron chi connectivity index (χ4n) is 3.64. The highest BCUT2D eigenvalue weighted by Crippen LogP contribution is 2.19. The predicted octanol–water partition coefficient (Wildman–Crippen LogP) is 4.44. The lowest BCUT2D eigenvalue weighted by Crippen LogP contribution is -2.16. The van der Waals surface area contributed by atoms with Crippen LogP contribution in [0.15, 0.2) is 47.5 Å². The predicted molar refractivity (Wildman–Crippen MR) is 108 cm³/mol. The van der Waals surface area contributed by atoms with Crippen LogP contribution < -0.4 is 5.32 Å². The highest BCUT2D eigenvalue weighted by atomic mass is 16.1. The zero-order valence-corrected chi connectivity index (χ0v) is 15.8. The van der Waals surface area contributed by atoms with E-state index in [4.69, 9.17) is 4.99 Å². The lowest BCUT2D eigenvalue weighted by atomic mass is 10.0. The molecule has 0 atom stereocenters. The Balaban J connectivity index is 1.42. The number of nitrogens with one attached hydrogen (secondary N) is 1. The minimum atomic E-state index is 0.213. The first-order valence-electron chi connectivity index (χ1n) is 9.53. The van der Waals surface area contributed by atoms with Crippen LogP contribution in [0.25, 0.3) is 0 Å². The van der Waals surface area contributed by atoms with Crippen LogP contribution in [-0.4, -0.2) is 24.6 Å². The minimum Gasteiger partial charge on any atom is -0.313 e. The van der Waals surface area contributed by atoms with Crippen LogP contribution in [0.2, 0.25) is 0 Å². The summed E-state index contributed by atoms with van der Waals surface area (Å²) in [6, 6.07) is 14.6. The Morgan fingerprint density at radius 1 is 1.04 bits per heavy atom. The van der Waals surface area contributed by atoms with E-state index in [1.807, 2.05) is 18.2 Å². The van der Waals surface area contributed by atoms with E-state index in [-0.39, 0.29) is 5.78 Å². The van der Waals surface area contributed by atoms with Crippen LogP contribution in [0, 0.1) is 13.8 Å². The average Bonchev–Trinajstić information content (AvgIpc) is 2.77. The second-order valence-electron chi connectivity index (χ2n) is 7.23. The molecule has 3 nitrogen and oxygen atoms in total. The molecular weight excluding hydrogens is 320 g/mol. The standard InChI is InChI=1S/C23H28N2O/c1-17-12-18(2)14-19(13-17)16-24-10-5-11-25-21-9-8-20-6-3-4-7-22(20)23(26)15-21/h3-4,6-7,12-14,24H,5,8-11,15-16H2,1-2H3. The summed E-state index contributed by atoms with van der Waals surface area (Å²) in [5, 5.41) is 3.49. The molecule has 136 valence electrons. The number of ketones is 1. The van der Waals surface area contributed by atoms with Gasteiger partial charge < -0.3 is 5.32 Å². The summed E-state index contributed by atoms with van der Waals surface area (Å²) in [7, 11) is 0. The third kappa shape index (κ3) is 5.12. The first-order chi connectivity index (χ1) is 12.6. The molecule has 3 rings (SSSR count). The van der Waals surface area contributed by atoms with Gasteiger partial charge in [-0.2, -0.15) is 0 Å². The summed E-state index contributed by atoms with van der Waals surface area (Å²) in [6.45, 7) is 6.90. The molecule has 0 amide bonds. The van der Waals surface area contributed by atoms with E-state index in [2.05, 4.69) is 43.4 Å². The SMILES string of the molecule is Cc1cc(C)cc(CNCCCN=C2CCc3ccccc3C(=O)C2)c1. The molecule has 0 saturated carbocycles. The molecule has 0 unspecified atom stereocenters. The molecule has 0 aromatic heterocycles. The van der Waals surface area contributed by atoms with E-state index in [0.29, 0.717) is 6.42 Å². The first kappa shape index (κ1) is 18.5. The van der Waals surface area contributed by atoms with E-state index >= 15 is 0 Å². The Hall–Kier alpha value is -2.26. The highest BCUT2D eigenvalue weighted by Gasteiger charge is 2.18. The molecule has 0 aliphatic heterocycles. The Bertz CT molecular complexity index is 787.